The highest BCUT2D eigenvalue weighted by molar-refractivity contribution is 6.31. The first kappa shape index (κ1) is 16.5. The largest absolute Gasteiger partial charge is 0.326 e. The van der Waals surface area contributed by atoms with Gasteiger partial charge in [0.15, 0.2) is 0 Å². The minimum Gasteiger partial charge on any atom is -0.326 e. The maximum absolute atomic E-state index is 11.9. The van der Waals surface area contributed by atoms with Gasteiger partial charge in [0.05, 0.1) is 0 Å². The zero-order chi connectivity index (χ0) is 15.9. The molecule has 0 saturated carbocycles. The summed E-state index contributed by atoms with van der Waals surface area (Å²) in [5, 5.41) is 6.91. The van der Waals surface area contributed by atoms with Crippen LogP contribution in [0.1, 0.15) is 23.1 Å². The minimum absolute atomic E-state index is 0.0108. The maximum Gasteiger partial charge on any atom is 0.225 e. The highest BCUT2D eigenvalue weighted by atomic mass is 35.5. The van der Waals surface area contributed by atoms with Crippen LogP contribution in [0.4, 0.5) is 5.69 Å². The second kappa shape index (κ2) is 7.97. The van der Waals surface area contributed by atoms with Crippen LogP contribution in [0.2, 0.25) is 5.02 Å². The van der Waals surface area contributed by atoms with Crippen LogP contribution in [-0.2, 0) is 11.3 Å². The number of aryl methyl sites for hydroxylation is 2. The van der Waals surface area contributed by atoms with Gasteiger partial charge in [0.25, 0.3) is 0 Å². The molecule has 1 amide bonds. The molecule has 0 radical (unpaired) electrons. The summed E-state index contributed by atoms with van der Waals surface area (Å²) >= 11 is 6.08. The summed E-state index contributed by atoms with van der Waals surface area (Å²) in [6.07, 6.45) is 0.428. The summed E-state index contributed by atoms with van der Waals surface area (Å²) in [5.41, 5.74) is 4.19. The summed E-state index contributed by atoms with van der Waals surface area (Å²) in [5.74, 6) is 0.0108. The van der Waals surface area contributed by atoms with Gasteiger partial charge >= 0.3 is 0 Å². The topological polar surface area (TPSA) is 41.1 Å². The van der Waals surface area contributed by atoms with E-state index in [0.717, 1.165) is 27.4 Å². The first-order valence-corrected chi connectivity index (χ1v) is 7.74. The van der Waals surface area contributed by atoms with Crippen molar-refractivity contribution in [1.82, 2.24) is 5.32 Å². The Morgan fingerprint density at radius 1 is 1.09 bits per heavy atom. The van der Waals surface area contributed by atoms with E-state index >= 15 is 0 Å². The molecule has 0 aliphatic rings. The average molecular weight is 317 g/mol. The Morgan fingerprint density at radius 2 is 1.77 bits per heavy atom. The normalized spacial score (nSPS) is 10.5. The number of carbonyl (C=O) groups is 1. The molecule has 0 spiro atoms. The lowest BCUT2D eigenvalue weighted by Crippen LogP contribution is -2.21. The number of carbonyl (C=O) groups excluding carboxylic acids is 1. The molecule has 0 bridgehead atoms. The monoisotopic (exact) mass is 316 g/mol. The Bertz CT molecular complexity index is 635. The summed E-state index contributed by atoms with van der Waals surface area (Å²) in [7, 11) is 0. The van der Waals surface area contributed by atoms with Gasteiger partial charge in [-0.1, -0.05) is 35.9 Å². The van der Waals surface area contributed by atoms with Gasteiger partial charge < -0.3 is 10.6 Å². The van der Waals surface area contributed by atoms with Gasteiger partial charge in [-0.05, 0) is 48.7 Å². The lowest BCUT2D eigenvalue weighted by molar-refractivity contribution is -0.116. The van der Waals surface area contributed by atoms with Gasteiger partial charge in [0, 0.05) is 30.2 Å². The fraction of sp³-hybridized carbons (Fsp3) is 0.278. The Balaban J connectivity index is 1.75. The lowest BCUT2D eigenvalue weighted by Gasteiger charge is -2.09. The fourth-order valence-corrected chi connectivity index (χ4v) is 2.54. The molecule has 0 aromatic heterocycles. The molecule has 0 atom stereocenters. The molecule has 0 aliphatic heterocycles. The zero-order valence-corrected chi connectivity index (χ0v) is 13.7. The van der Waals surface area contributed by atoms with Crippen LogP contribution in [0, 0.1) is 13.8 Å². The van der Waals surface area contributed by atoms with E-state index in [2.05, 4.69) is 16.7 Å². The molecular formula is C18H21ClN2O. The van der Waals surface area contributed by atoms with Crippen molar-refractivity contribution < 1.29 is 4.79 Å². The van der Waals surface area contributed by atoms with Crippen LogP contribution < -0.4 is 10.6 Å². The number of nitrogens with one attached hydrogen (secondary N) is 2. The maximum atomic E-state index is 11.9. The van der Waals surface area contributed by atoms with E-state index in [1.807, 2.05) is 50.2 Å². The van der Waals surface area contributed by atoms with Crippen molar-refractivity contribution in [3.05, 3.63) is 64.2 Å². The van der Waals surface area contributed by atoms with Gasteiger partial charge in [-0.25, -0.2) is 0 Å². The van der Waals surface area contributed by atoms with Gasteiger partial charge in [0.2, 0.25) is 5.91 Å². The van der Waals surface area contributed by atoms with Crippen molar-refractivity contribution in [2.75, 3.05) is 11.9 Å². The predicted molar refractivity (Wildman–Crippen MR) is 92.3 cm³/mol. The molecule has 0 heterocycles. The predicted octanol–water partition coefficient (Wildman–Crippen LogP) is 4.08. The van der Waals surface area contributed by atoms with Crippen LogP contribution >= 0.6 is 11.6 Å². The summed E-state index contributed by atoms with van der Waals surface area (Å²) in [6.45, 7) is 5.32. The highest BCUT2D eigenvalue weighted by Crippen LogP contribution is 2.15. The highest BCUT2D eigenvalue weighted by Gasteiger charge is 2.04. The standard InChI is InChI=1S/C18H21ClN2O/c1-13-9-14(2)11-16(10-13)21-18(22)7-8-20-12-15-5-3-4-6-17(15)19/h3-6,9-11,20H,7-8,12H2,1-2H3,(H,21,22). The number of hydrogen-bond donors (Lipinski definition) is 2. The van der Waals surface area contributed by atoms with E-state index in [1.165, 1.54) is 0 Å². The van der Waals surface area contributed by atoms with Crippen molar-refractivity contribution in [2.45, 2.75) is 26.8 Å². The van der Waals surface area contributed by atoms with Gasteiger partial charge in [-0.15, -0.1) is 0 Å². The zero-order valence-electron chi connectivity index (χ0n) is 12.9. The molecule has 22 heavy (non-hydrogen) atoms. The number of benzene rings is 2. The summed E-state index contributed by atoms with van der Waals surface area (Å²) < 4.78 is 0. The molecule has 2 aromatic carbocycles. The minimum atomic E-state index is 0.0108. The fourth-order valence-electron chi connectivity index (χ4n) is 2.34. The Kier molecular flexibility index (Phi) is 5.99. The number of anilines is 1. The smallest absolute Gasteiger partial charge is 0.225 e. The van der Waals surface area contributed by atoms with Crippen molar-refractivity contribution in [2.24, 2.45) is 0 Å². The molecule has 116 valence electrons. The third-order valence-corrected chi connectivity index (χ3v) is 3.68. The third kappa shape index (κ3) is 5.17. The van der Waals surface area contributed by atoms with Crippen molar-refractivity contribution >= 4 is 23.2 Å². The molecule has 4 heteroatoms. The van der Waals surface area contributed by atoms with Crippen molar-refractivity contribution in [1.29, 1.82) is 0 Å². The molecule has 3 nitrogen and oxygen atoms in total. The van der Waals surface area contributed by atoms with Gasteiger partial charge in [-0.3, -0.25) is 4.79 Å². The van der Waals surface area contributed by atoms with Gasteiger partial charge in [-0.2, -0.15) is 0 Å². The second-order valence-corrected chi connectivity index (χ2v) is 5.85. The number of amides is 1. The second-order valence-electron chi connectivity index (χ2n) is 5.44. The van der Waals surface area contributed by atoms with Crippen LogP contribution in [0.3, 0.4) is 0 Å². The molecule has 0 fully saturated rings. The lowest BCUT2D eigenvalue weighted by atomic mass is 10.1. The molecule has 2 aromatic rings. The Morgan fingerprint density at radius 3 is 2.45 bits per heavy atom. The Labute approximate surface area is 136 Å². The van der Waals surface area contributed by atoms with Crippen LogP contribution in [0.5, 0.6) is 0 Å². The molecule has 0 unspecified atom stereocenters. The van der Waals surface area contributed by atoms with E-state index in [-0.39, 0.29) is 5.91 Å². The van der Waals surface area contributed by atoms with E-state index in [0.29, 0.717) is 19.5 Å². The quantitative estimate of drug-likeness (QED) is 0.789. The third-order valence-electron chi connectivity index (χ3n) is 3.31. The average Bonchev–Trinajstić information content (AvgIpc) is 2.44. The first-order chi connectivity index (χ1) is 10.5. The molecule has 2 N–H and O–H groups in total. The molecule has 2 rings (SSSR count). The molecule has 0 aliphatic carbocycles. The Hall–Kier alpha value is -1.84. The first-order valence-electron chi connectivity index (χ1n) is 7.37. The summed E-state index contributed by atoms with van der Waals surface area (Å²) in [4.78, 5) is 11.9. The number of halogens is 1. The molecule has 0 saturated heterocycles. The van der Waals surface area contributed by atoms with Crippen molar-refractivity contribution in [3.63, 3.8) is 0 Å². The van der Waals surface area contributed by atoms with E-state index < -0.39 is 0 Å². The van der Waals surface area contributed by atoms with E-state index in [4.69, 9.17) is 11.6 Å². The number of rotatable bonds is 6. The van der Waals surface area contributed by atoms with Crippen LogP contribution in [0.15, 0.2) is 42.5 Å². The van der Waals surface area contributed by atoms with E-state index in [9.17, 15) is 4.79 Å². The van der Waals surface area contributed by atoms with E-state index in [1.54, 1.807) is 0 Å². The SMILES string of the molecule is Cc1cc(C)cc(NC(=O)CCNCc2ccccc2Cl)c1. The molecular weight excluding hydrogens is 296 g/mol. The van der Waals surface area contributed by atoms with Gasteiger partial charge in [0.1, 0.15) is 0 Å². The number of hydrogen-bond acceptors (Lipinski definition) is 2. The van der Waals surface area contributed by atoms with Crippen LogP contribution in [0.25, 0.3) is 0 Å². The van der Waals surface area contributed by atoms with Crippen molar-refractivity contribution in [3.8, 4) is 0 Å². The van der Waals surface area contributed by atoms with Crippen LogP contribution in [-0.4, -0.2) is 12.5 Å². The summed E-state index contributed by atoms with van der Waals surface area (Å²) in [6, 6.07) is 13.7.